The van der Waals surface area contributed by atoms with Crippen LogP contribution in [0.3, 0.4) is 0 Å². The molecule has 2 heterocycles. The van der Waals surface area contributed by atoms with Crippen molar-refractivity contribution in [1.82, 2.24) is 15.2 Å². The highest BCUT2D eigenvalue weighted by atomic mass is 16.6. The summed E-state index contributed by atoms with van der Waals surface area (Å²) < 4.78 is 11.6. The van der Waals surface area contributed by atoms with E-state index in [1.807, 2.05) is 100 Å². The molecule has 0 bridgehead atoms. The fourth-order valence-electron chi connectivity index (χ4n) is 7.31. The zero-order valence-electron chi connectivity index (χ0n) is 28.5. The molecular formula is C40H47N3O5. The third-order valence-electron chi connectivity index (χ3n) is 9.50. The van der Waals surface area contributed by atoms with Gasteiger partial charge in [-0.15, -0.1) is 0 Å². The van der Waals surface area contributed by atoms with Crippen LogP contribution in [-0.2, 0) is 25.5 Å². The zero-order valence-corrected chi connectivity index (χ0v) is 28.5. The molecule has 3 aromatic carbocycles. The van der Waals surface area contributed by atoms with Crippen molar-refractivity contribution < 1.29 is 23.9 Å². The first-order chi connectivity index (χ1) is 23.1. The highest BCUT2D eigenvalue weighted by molar-refractivity contribution is 5.93. The molecule has 2 amide bonds. The number of carbonyl (C=O) groups excluding carboxylic acids is 3. The van der Waals surface area contributed by atoms with Crippen molar-refractivity contribution in [2.45, 2.75) is 96.4 Å². The Labute approximate surface area is 283 Å². The number of nitrogens with one attached hydrogen (secondary N) is 2. The number of aromatic nitrogens is 1. The van der Waals surface area contributed by atoms with Gasteiger partial charge in [-0.25, -0.2) is 9.59 Å². The van der Waals surface area contributed by atoms with Crippen LogP contribution in [0.25, 0.3) is 22.0 Å². The van der Waals surface area contributed by atoms with Crippen LogP contribution in [0, 0.1) is 5.92 Å². The van der Waals surface area contributed by atoms with Gasteiger partial charge in [0.1, 0.15) is 11.6 Å². The van der Waals surface area contributed by atoms with E-state index in [-0.39, 0.29) is 25.0 Å². The molecule has 252 valence electrons. The Morgan fingerprint density at radius 3 is 2.25 bits per heavy atom. The minimum atomic E-state index is -1.05. The van der Waals surface area contributed by atoms with Crippen LogP contribution < -0.4 is 5.32 Å². The third-order valence-corrected chi connectivity index (χ3v) is 9.50. The van der Waals surface area contributed by atoms with Gasteiger partial charge in [0.25, 0.3) is 0 Å². The molecule has 1 fully saturated rings. The fourth-order valence-corrected chi connectivity index (χ4v) is 7.31. The lowest BCUT2D eigenvalue weighted by atomic mass is 9.78. The fraction of sp³-hybridized carbons (Fsp3) is 0.425. The third kappa shape index (κ3) is 7.13. The summed E-state index contributed by atoms with van der Waals surface area (Å²) in [6, 6.07) is 23.4. The van der Waals surface area contributed by atoms with Gasteiger partial charge >= 0.3 is 12.1 Å². The van der Waals surface area contributed by atoms with Gasteiger partial charge in [0.15, 0.2) is 6.04 Å². The van der Waals surface area contributed by atoms with Crippen LogP contribution in [0.5, 0.6) is 0 Å². The maximum absolute atomic E-state index is 14.6. The number of aromatic amines is 1. The second-order valence-corrected chi connectivity index (χ2v) is 14.1. The minimum Gasteiger partial charge on any atom is -0.464 e. The van der Waals surface area contributed by atoms with Gasteiger partial charge in [0, 0.05) is 23.0 Å². The van der Waals surface area contributed by atoms with Crippen molar-refractivity contribution in [3.05, 3.63) is 95.7 Å². The predicted molar refractivity (Wildman–Crippen MR) is 187 cm³/mol. The average Bonchev–Trinajstić information content (AvgIpc) is 3.47. The van der Waals surface area contributed by atoms with Crippen molar-refractivity contribution in [3.63, 3.8) is 0 Å². The molecule has 0 radical (unpaired) electrons. The number of carbonyl (C=O) groups is 3. The SMILES string of the molecule is CCCOC(=O)C(NC(=O)[C@H]1Cc2c([nH]c3ccccc23)[C@H](C2CCCCC2)N1C(=O)OC(C)(C)C)c1ccc(-c2ccccc2)cc1. The van der Waals surface area contributed by atoms with Crippen LogP contribution in [0.4, 0.5) is 4.79 Å². The number of H-pyrrole nitrogens is 1. The molecule has 3 atom stereocenters. The Balaban J connectivity index is 1.39. The number of nitrogens with zero attached hydrogens (tertiary/aromatic N) is 1. The molecule has 48 heavy (non-hydrogen) atoms. The lowest BCUT2D eigenvalue weighted by Gasteiger charge is -2.45. The first kappa shape index (κ1) is 33.3. The standard InChI is InChI=1S/C40H47N3O5/c1-5-24-47-38(45)34(28-22-20-27(21-23-28)26-14-8-6-9-15-26)42-37(44)33-25-31-30-18-12-13-19-32(30)41-35(31)36(29-16-10-7-11-17-29)43(33)39(46)48-40(2,3)4/h6,8-9,12-15,18-23,29,33-34,36,41H,5,7,10-11,16-17,24-25H2,1-4H3,(H,42,44)/t33-,34?,36+/m1/s1. The van der Waals surface area contributed by atoms with Gasteiger partial charge in [-0.1, -0.05) is 99.0 Å². The van der Waals surface area contributed by atoms with E-state index in [1.54, 1.807) is 4.90 Å². The summed E-state index contributed by atoms with van der Waals surface area (Å²) in [5.74, 6) is -0.790. The molecule has 1 aliphatic carbocycles. The molecule has 1 aromatic heterocycles. The van der Waals surface area contributed by atoms with Crippen LogP contribution in [0.2, 0.25) is 0 Å². The Morgan fingerprint density at radius 2 is 1.56 bits per heavy atom. The van der Waals surface area contributed by atoms with E-state index in [1.165, 1.54) is 0 Å². The van der Waals surface area contributed by atoms with Crippen molar-refractivity contribution >= 4 is 28.9 Å². The Kier molecular flexibility index (Phi) is 9.90. The minimum absolute atomic E-state index is 0.157. The van der Waals surface area contributed by atoms with Crippen LogP contribution in [-0.4, -0.2) is 46.1 Å². The van der Waals surface area contributed by atoms with Gasteiger partial charge < -0.3 is 19.8 Å². The quantitative estimate of drug-likeness (QED) is 0.187. The molecule has 8 nitrogen and oxygen atoms in total. The van der Waals surface area contributed by atoms with E-state index < -0.39 is 35.7 Å². The van der Waals surface area contributed by atoms with Gasteiger partial charge in [-0.2, -0.15) is 0 Å². The molecule has 1 aliphatic heterocycles. The first-order valence-electron chi connectivity index (χ1n) is 17.4. The number of para-hydroxylation sites is 1. The second kappa shape index (κ2) is 14.3. The normalized spacial score (nSPS) is 19.0. The number of ether oxygens (including phenoxy) is 2. The van der Waals surface area contributed by atoms with Crippen LogP contribution >= 0.6 is 0 Å². The molecule has 2 N–H and O–H groups in total. The summed E-state index contributed by atoms with van der Waals surface area (Å²) in [6.45, 7) is 7.69. The van der Waals surface area contributed by atoms with Crippen LogP contribution in [0.1, 0.15) is 95.1 Å². The number of hydrogen-bond acceptors (Lipinski definition) is 5. The average molecular weight is 650 g/mol. The van der Waals surface area contributed by atoms with E-state index in [0.29, 0.717) is 12.0 Å². The molecular weight excluding hydrogens is 602 g/mol. The highest BCUT2D eigenvalue weighted by Crippen LogP contribution is 2.46. The van der Waals surface area contributed by atoms with Gasteiger partial charge in [-0.3, -0.25) is 9.69 Å². The van der Waals surface area contributed by atoms with Gasteiger partial charge in [0.2, 0.25) is 5.91 Å². The zero-order chi connectivity index (χ0) is 33.8. The Hall–Kier alpha value is -4.59. The molecule has 6 rings (SSSR count). The van der Waals surface area contributed by atoms with E-state index >= 15 is 0 Å². The maximum atomic E-state index is 14.6. The summed E-state index contributed by atoms with van der Waals surface area (Å²) >= 11 is 0. The number of benzene rings is 3. The Bertz CT molecular complexity index is 1730. The highest BCUT2D eigenvalue weighted by Gasteiger charge is 2.48. The molecule has 1 saturated carbocycles. The number of fused-ring (bicyclic) bond motifs is 3. The topological polar surface area (TPSA) is 101 Å². The van der Waals surface area contributed by atoms with E-state index in [0.717, 1.165) is 65.4 Å². The summed E-state index contributed by atoms with van der Waals surface area (Å²) in [5.41, 5.74) is 4.90. The largest absolute Gasteiger partial charge is 0.464 e. The second-order valence-electron chi connectivity index (χ2n) is 14.1. The number of rotatable bonds is 8. The van der Waals surface area contributed by atoms with Crippen molar-refractivity contribution in [2.24, 2.45) is 5.92 Å². The van der Waals surface area contributed by atoms with E-state index in [4.69, 9.17) is 9.47 Å². The molecule has 0 spiro atoms. The molecule has 1 unspecified atom stereocenters. The smallest absolute Gasteiger partial charge is 0.411 e. The van der Waals surface area contributed by atoms with Crippen LogP contribution in [0.15, 0.2) is 78.9 Å². The van der Waals surface area contributed by atoms with Crippen molar-refractivity contribution in [3.8, 4) is 11.1 Å². The van der Waals surface area contributed by atoms with Crippen molar-refractivity contribution in [1.29, 1.82) is 0 Å². The summed E-state index contributed by atoms with van der Waals surface area (Å²) in [4.78, 5) is 47.8. The summed E-state index contributed by atoms with van der Waals surface area (Å²) in [7, 11) is 0. The maximum Gasteiger partial charge on any atom is 0.411 e. The van der Waals surface area contributed by atoms with Gasteiger partial charge in [0.05, 0.1) is 12.6 Å². The molecule has 0 saturated heterocycles. The first-order valence-corrected chi connectivity index (χ1v) is 17.4. The Morgan fingerprint density at radius 1 is 0.896 bits per heavy atom. The summed E-state index contributed by atoms with van der Waals surface area (Å²) in [6.07, 6.45) is 5.61. The number of amides is 2. The van der Waals surface area contributed by atoms with Gasteiger partial charge in [-0.05, 0) is 74.3 Å². The predicted octanol–water partition coefficient (Wildman–Crippen LogP) is 8.43. The number of esters is 1. The number of hydrogen-bond donors (Lipinski definition) is 2. The summed E-state index contributed by atoms with van der Waals surface area (Å²) in [5, 5.41) is 4.09. The molecule has 8 heteroatoms. The lowest BCUT2D eigenvalue weighted by molar-refractivity contribution is -0.149. The van der Waals surface area contributed by atoms with Crippen molar-refractivity contribution in [2.75, 3.05) is 6.61 Å². The molecule has 4 aromatic rings. The monoisotopic (exact) mass is 649 g/mol. The molecule has 2 aliphatic rings. The van der Waals surface area contributed by atoms with E-state index in [9.17, 15) is 14.4 Å². The van der Waals surface area contributed by atoms with E-state index in [2.05, 4.69) is 16.4 Å². The lowest BCUT2D eigenvalue weighted by Crippen LogP contribution is -2.57.